The van der Waals surface area contributed by atoms with Crippen LogP contribution in [0.5, 0.6) is 0 Å². The van der Waals surface area contributed by atoms with Gasteiger partial charge in [-0.15, -0.1) is 0 Å². The second-order valence-corrected chi connectivity index (χ2v) is 4.40. The summed E-state index contributed by atoms with van der Waals surface area (Å²) in [5, 5.41) is 8.82. The highest BCUT2D eigenvalue weighted by Gasteiger charge is 2.18. The highest BCUT2D eigenvalue weighted by atomic mass is 15.2. The maximum atomic E-state index is 8.82. The molecular weight excluding hydrogens is 198 g/mol. The van der Waals surface area contributed by atoms with Crippen molar-refractivity contribution < 1.29 is 0 Å². The Bertz CT molecular complexity index is 388. The van der Waals surface area contributed by atoms with Crippen molar-refractivity contribution in [3.63, 3.8) is 0 Å². The topological polar surface area (TPSA) is 39.9 Å². The van der Waals surface area contributed by atoms with Gasteiger partial charge < -0.3 is 4.90 Å². The fourth-order valence-corrected chi connectivity index (χ4v) is 2.34. The van der Waals surface area contributed by atoms with Gasteiger partial charge in [0.1, 0.15) is 17.6 Å². The van der Waals surface area contributed by atoms with Gasteiger partial charge >= 0.3 is 0 Å². The van der Waals surface area contributed by atoms with Gasteiger partial charge in [-0.2, -0.15) is 5.26 Å². The zero-order chi connectivity index (χ0) is 11.4. The van der Waals surface area contributed by atoms with E-state index in [2.05, 4.69) is 23.0 Å². The van der Waals surface area contributed by atoms with Gasteiger partial charge in [-0.25, -0.2) is 4.98 Å². The predicted octanol–water partition coefficient (Wildman–Crippen LogP) is 2.72. The zero-order valence-electron chi connectivity index (χ0n) is 9.69. The van der Waals surface area contributed by atoms with E-state index in [1.807, 2.05) is 12.1 Å². The molecule has 1 saturated carbocycles. The fraction of sp³-hybridized carbons (Fsp3) is 0.538. The molecule has 2 rings (SSSR count). The molecular formula is C13H17N3. The third-order valence-corrected chi connectivity index (χ3v) is 3.33. The molecule has 16 heavy (non-hydrogen) atoms. The first-order valence-corrected chi connectivity index (χ1v) is 5.91. The maximum absolute atomic E-state index is 8.82. The van der Waals surface area contributed by atoms with Crippen LogP contribution in [-0.2, 0) is 0 Å². The molecule has 0 N–H and O–H groups in total. The summed E-state index contributed by atoms with van der Waals surface area (Å²) < 4.78 is 0. The first kappa shape index (κ1) is 10.9. The van der Waals surface area contributed by atoms with Crippen LogP contribution in [0, 0.1) is 11.3 Å². The fourth-order valence-electron chi connectivity index (χ4n) is 2.34. The molecule has 3 nitrogen and oxygen atoms in total. The van der Waals surface area contributed by atoms with Gasteiger partial charge in [-0.05, 0) is 25.0 Å². The molecule has 0 spiro atoms. The van der Waals surface area contributed by atoms with E-state index in [1.54, 1.807) is 6.07 Å². The molecule has 0 aliphatic heterocycles. The Balaban J connectivity index is 2.13. The number of hydrogen-bond acceptors (Lipinski definition) is 3. The minimum atomic E-state index is 0.500. The smallest absolute Gasteiger partial charge is 0.142 e. The first-order valence-electron chi connectivity index (χ1n) is 5.91. The number of nitrogens with zero attached hydrogens (tertiary/aromatic N) is 3. The van der Waals surface area contributed by atoms with E-state index in [0.717, 1.165) is 5.82 Å². The zero-order valence-corrected chi connectivity index (χ0v) is 9.69. The largest absolute Gasteiger partial charge is 0.357 e. The first-order chi connectivity index (χ1) is 7.81. The monoisotopic (exact) mass is 215 g/mol. The Morgan fingerprint density at radius 1 is 1.31 bits per heavy atom. The van der Waals surface area contributed by atoms with Crippen molar-refractivity contribution in [2.24, 2.45) is 0 Å². The summed E-state index contributed by atoms with van der Waals surface area (Å²) in [5.74, 6) is 0.922. The van der Waals surface area contributed by atoms with Gasteiger partial charge in [0, 0.05) is 13.1 Å². The molecule has 1 heterocycles. The molecule has 1 aromatic rings. The summed E-state index contributed by atoms with van der Waals surface area (Å²) in [4.78, 5) is 6.55. The lowest BCUT2D eigenvalue weighted by Gasteiger charge is -2.32. The van der Waals surface area contributed by atoms with Crippen LogP contribution in [0.25, 0.3) is 0 Å². The number of aromatic nitrogens is 1. The molecule has 84 valence electrons. The molecule has 1 aromatic heterocycles. The lowest BCUT2D eigenvalue weighted by atomic mass is 9.94. The van der Waals surface area contributed by atoms with Crippen molar-refractivity contribution in [1.82, 2.24) is 4.98 Å². The second-order valence-electron chi connectivity index (χ2n) is 4.40. The SMILES string of the molecule is CN(c1cccc(C#N)n1)C1CCCCC1. The van der Waals surface area contributed by atoms with E-state index in [1.165, 1.54) is 32.1 Å². The third-order valence-electron chi connectivity index (χ3n) is 3.33. The van der Waals surface area contributed by atoms with Crippen molar-refractivity contribution in [2.45, 2.75) is 38.1 Å². The lowest BCUT2D eigenvalue weighted by Crippen LogP contribution is -2.33. The van der Waals surface area contributed by atoms with Crippen molar-refractivity contribution in [3.05, 3.63) is 23.9 Å². The number of anilines is 1. The molecule has 0 aromatic carbocycles. The van der Waals surface area contributed by atoms with Crippen LogP contribution in [-0.4, -0.2) is 18.1 Å². The lowest BCUT2D eigenvalue weighted by molar-refractivity contribution is 0.426. The molecule has 1 fully saturated rings. The van der Waals surface area contributed by atoms with Crippen LogP contribution in [0.4, 0.5) is 5.82 Å². The van der Waals surface area contributed by atoms with E-state index in [4.69, 9.17) is 5.26 Å². The van der Waals surface area contributed by atoms with Gasteiger partial charge in [0.2, 0.25) is 0 Å². The van der Waals surface area contributed by atoms with E-state index in [-0.39, 0.29) is 0 Å². The average Bonchev–Trinajstić information content (AvgIpc) is 2.39. The van der Waals surface area contributed by atoms with Gasteiger partial charge in [0.25, 0.3) is 0 Å². The average molecular weight is 215 g/mol. The highest BCUT2D eigenvalue weighted by molar-refractivity contribution is 5.41. The number of rotatable bonds is 2. The molecule has 3 heteroatoms. The standard InChI is InChI=1S/C13H17N3/c1-16(12-7-3-2-4-8-12)13-9-5-6-11(10-14)15-13/h5-6,9,12H,2-4,7-8H2,1H3. The van der Waals surface area contributed by atoms with Crippen LogP contribution in [0.3, 0.4) is 0 Å². The molecule has 0 saturated heterocycles. The van der Waals surface area contributed by atoms with Gasteiger partial charge in [-0.3, -0.25) is 0 Å². The molecule has 1 aliphatic rings. The maximum Gasteiger partial charge on any atom is 0.142 e. The van der Waals surface area contributed by atoms with Gasteiger partial charge in [0.15, 0.2) is 0 Å². The summed E-state index contributed by atoms with van der Waals surface area (Å²) in [5.41, 5.74) is 0.500. The quantitative estimate of drug-likeness (QED) is 0.761. The normalized spacial score (nSPS) is 16.8. The summed E-state index contributed by atoms with van der Waals surface area (Å²) in [6, 6.07) is 8.31. The Morgan fingerprint density at radius 3 is 2.75 bits per heavy atom. The number of nitriles is 1. The Labute approximate surface area is 96.7 Å². The van der Waals surface area contributed by atoms with Gasteiger partial charge in [-0.1, -0.05) is 25.3 Å². The number of pyridine rings is 1. The molecule has 0 bridgehead atoms. The van der Waals surface area contributed by atoms with Crippen molar-refractivity contribution >= 4 is 5.82 Å². The van der Waals surface area contributed by atoms with Crippen LogP contribution in [0.2, 0.25) is 0 Å². The van der Waals surface area contributed by atoms with E-state index in [9.17, 15) is 0 Å². The van der Waals surface area contributed by atoms with Crippen molar-refractivity contribution in [1.29, 1.82) is 5.26 Å². The third kappa shape index (κ3) is 2.33. The van der Waals surface area contributed by atoms with E-state index in [0.29, 0.717) is 11.7 Å². The molecule has 0 unspecified atom stereocenters. The predicted molar refractivity (Wildman–Crippen MR) is 64.2 cm³/mol. The van der Waals surface area contributed by atoms with Crippen molar-refractivity contribution in [2.75, 3.05) is 11.9 Å². The highest BCUT2D eigenvalue weighted by Crippen LogP contribution is 2.24. The molecule has 0 radical (unpaired) electrons. The van der Waals surface area contributed by atoms with Crippen LogP contribution < -0.4 is 4.90 Å². The Kier molecular flexibility index (Phi) is 3.40. The van der Waals surface area contributed by atoms with E-state index < -0.39 is 0 Å². The summed E-state index contributed by atoms with van der Waals surface area (Å²) in [6.07, 6.45) is 6.47. The summed E-state index contributed by atoms with van der Waals surface area (Å²) in [7, 11) is 2.08. The van der Waals surface area contributed by atoms with Crippen LogP contribution in [0.1, 0.15) is 37.8 Å². The molecule has 0 amide bonds. The minimum Gasteiger partial charge on any atom is -0.357 e. The van der Waals surface area contributed by atoms with E-state index >= 15 is 0 Å². The van der Waals surface area contributed by atoms with Crippen LogP contribution in [0.15, 0.2) is 18.2 Å². The molecule has 0 atom stereocenters. The Morgan fingerprint density at radius 2 is 2.06 bits per heavy atom. The second kappa shape index (κ2) is 4.98. The summed E-state index contributed by atoms with van der Waals surface area (Å²) >= 11 is 0. The van der Waals surface area contributed by atoms with Crippen LogP contribution >= 0.6 is 0 Å². The molecule has 1 aliphatic carbocycles. The van der Waals surface area contributed by atoms with Crippen molar-refractivity contribution in [3.8, 4) is 6.07 Å². The summed E-state index contributed by atoms with van der Waals surface area (Å²) in [6.45, 7) is 0. The number of hydrogen-bond donors (Lipinski definition) is 0. The Hall–Kier alpha value is -1.56. The minimum absolute atomic E-state index is 0.500. The van der Waals surface area contributed by atoms with Gasteiger partial charge in [0.05, 0.1) is 0 Å².